The standard InChI is InChI=1S/C11H23NO3S/c1-10(2)9-15-7-5-12-6-8-16(13,14)11(3)4/h11-12H,1,5-9H2,2-4H3. The van der Waals surface area contributed by atoms with E-state index in [1.165, 1.54) is 0 Å². The van der Waals surface area contributed by atoms with Crippen LogP contribution in [-0.4, -0.2) is 45.7 Å². The highest BCUT2D eigenvalue weighted by Gasteiger charge is 2.14. The summed E-state index contributed by atoms with van der Waals surface area (Å²) in [7, 11) is -2.92. The maximum Gasteiger partial charge on any atom is 0.153 e. The summed E-state index contributed by atoms with van der Waals surface area (Å²) in [5.74, 6) is 0.186. The van der Waals surface area contributed by atoms with Gasteiger partial charge in [0.25, 0.3) is 0 Å². The fourth-order valence-electron chi connectivity index (χ4n) is 0.966. The lowest BCUT2D eigenvalue weighted by atomic mass is 10.4. The lowest BCUT2D eigenvalue weighted by Gasteiger charge is -2.08. The molecule has 0 aromatic rings. The summed E-state index contributed by atoms with van der Waals surface area (Å²) in [6.45, 7) is 11.3. The minimum atomic E-state index is -2.92. The van der Waals surface area contributed by atoms with Crippen LogP contribution in [0.25, 0.3) is 0 Å². The SMILES string of the molecule is C=C(C)COCCNCCS(=O)(=O)C(C)C. The van der Waals surface area contributed by atoms with E-state index in [1.54, 1.807) is 13.8 Å². The Morgan fingerprint density at radius 3 is 2.50 bits per heavy atom. The second-order valence-corrected chi connectivity index (χ2v) is 6.85. The molecule has 0 spiro atoms. The number of rotatable bonds is 9. The number of hydrogen-bond donors (Lipinski definition) is 1. The van der Waals surface area contributed by atoms with Gasteiger partial charge in [0, 0.05) is 13.1 Å². The molecule has 0 bridgehead atoms. The summed E-state index contributed by atoms with van der Waals surface area (Å²) in [5.41, 5.74) is 0.988. The first-order valence-corrected chi connectivity index (χ1v) is 7.22. The van der Waals surface area contributed by atoms with Crippen molar-refractivity contribution >= 4 is 9.84 Å². The number of hydrogen-bond acceptors (Lipinski definition) is 4. The molecule has 5 heteroatoms. The van der Waals surface area contributed by atoms with E-state index >= 15 is 0 Å². The Balaban J connectivity index is 3.44. The molecule has 0 radical (unpaired) electrons. The lowest BCUT2D eigenvalue weighted by molar-refractivity contribution is 0.158. The molecule has 0 aliphatic heterocycles. The highest BCUT2D eigenvalue weighted by atomic mass is 32.2. The Hall–Kier alpha value is -0.390. The van der Waals surface area contributed by atoms with E-state index in [0.29, 0.717) is 26.3 Å². The quantitative estimate of drug-likeness (QED) is 0.489. The predicted molar refractivity (Wildman–Crippen MR) is 67.4 cm³/mol. The Bertz CT molecular complexity index is 296. The molecule has 0 rings (SSSR count). The van der Waals surface area contributed by atoms with E-state index in [9.17, 15) is 8.42 Å². The van der Waals surface area contributed by atoms with E-state index in [0.717, 1.165) is 5.57 Å². The summed E-state index contributed by atoms with van der Waals surface area (Å²) in [5, 5.41) is 2.74. The zero-order valence-electron chi connectivity index (χ0n) is 10.5. The second kappa shape index (κ2) is 7.81. The third kappa shape index (κ3) is 7.84. The summed E-state index contributed by atoms with van der Waals surface area (Å²) in [6.07, 6.45) is 0. The number of ether oxygens (including phenoxy) is 1. The Labute approximate surface area is 99.0 Å². The molecule has 0 amide bonds. The topological polar surface area (TPSA) is 55.4 Å². The molecule has 0 fully saturated rings. The van der Waals surface area contributed by atoms with Crippen molar-refractivity contribution in [3.05, 3.63) is 12.2 Å². The van der Waals surface area contributed by atoms with Gasteiger partial charge in [-0.3, -0.25) is 0 Å². The lowest BCUT2D eigenvalue weighted by Crippen LogP contribution is -2.29. The fourth-order valence-corrected chi connectivity index (χ4v) is 1.87. The molecule has 0 aliphatic rings. The Morgan fingerprint density at radius 2 is 2.00 bits per heavy atom. The van der Waals surface area contributed by atoms with Crippen molar-refractivity contribution in [2.24, 2.45) is 0 Å². The van der Waals surface area contributed by atoms with Gasteiger partial charge >= 0.3 is 0 Å². The van der Waals surface area contributed by atoms with Crippen LogP contribution in [0.15, 0.2) is 12.2 Å². The number of sulfone groups is 1. The number of nitrogens with one attached hydrogen (secondary N) is 1. The largest absolute Gasteiger partial charge is 0.376 e. The van der Waals surface area contributed by atoms with Gasteiger partial charge in [0.1, 0.15) is 0 Å². The van der Waals surface area contributed by atoms with Crippen molar-refractivity contribution in [2.75, 3.05) is 32.1 Å². The van der Waals surface area contributed by atoms with Crippen molar-refractivity contribution in [3.8, 4) is 0 Å². The van der Waals surface area contributed by atoms with Gasteiger partial charge in [0.15, 0.2) is 9.84 Å². The van der Waals surface area contributed by atoms with Crippen LogP contribution in [0.4, 0.5) is 0 Å². The molecule has 0 aromatic heterocycles. The molecule has 0 unspecified atom stereocenters. The zero-order valence-corrected chi connectivity index (χ0v) is 11.3. The van der Waals surface area contributed by atoms with Gasteiger partial charge in [-0.1, -0.05) is 12.2 Å². The smallest absolute Gasteiger partial charge is 0.153 e. The molecule has 0 heterocycles. The van der Waals surface area contributed by atoms with Gasteiger partial charge in [-0.05, 0) is 20.8 Å². The van der Waals surface area contributed by atoms with Crippen molar-refractivity contribution in [1.29, 1.82) is 0 Å². The van der Waals surface area contributed by atoms with E-state index in [4.69, 9.17) is 4.74 Å². The van der Waals surface area contributed by atoms with E-state index in [2.05, 4.69) is 11.9 Å². The normalized spacial score (nSPS) is 12.0. The second-order valence-electron chi connectivity index (χ2n) is 4.18. The predicted octanol–water partition coefficient (Wildman–Crippen LogP) is 0.992. The highest BCUT2D eigenvalue weighted by Crippen LogP contribution is 1.98. The van der Waals surface area contributed by atoms with Gasteiger partial charge in [0.05, 0.1) is 24.2 Å². The molecule has 0 saturated heterocycles. The van der Waals surface area contributed by atoms with Crippen molar-refractivity contribution in [1.82, 2.24) is 5.32 Å². The van der Waals surface area contributed by atoms with Crippen LogP contribution >= 0.6 is 0 Å². The van der Waals surface area contributed by atoms with E-state index in [1.807, 2.05) is 6.92 Å². The molecular weight excluding hydrogens is 226 g/mol. The molecule has 96 valence electrons. The molecule has 4 nitrogen and oxygen atoms in total. The molecule has 16 heavy (non-hydrogen) atoms. The minimum absolute atomic E-state index is 0.186. The minimum Gasteiger partial charge on any atom is -0.376 e. The molecule has 0 aliphatic carbocycles. The fraction of sp³-hybridized carbons (Fsp3) is 0.818. The van der Waals surface area contributed by atoms with Crippen molar-refractivity contribution < 1.29 is 13.2 Å². The summed E-state index contributed by atoms with van der Waals surface area (Å²) in [6, 6.07) is 0. The van der Waals surface area contributed by atoms with Gasteiger partial charge < -0.3 is 10.1 Å². The maximum atomic E-state index is 11.4. The van der Waals surface area contributed by atoms with Gasteiger partial charge in [-0.15, -0.1) is 0 Å². The summed E-state index contributed by atoms with van der Waals surface area (Å²) in [4.78, 5) is 0. The maximum absolute atomic E-state index is 11.4. The summed E-state index contributed by atoms with van der Waals surface area (Å²) >= 11 is 0. The van der Waals surface area contributed by atoms with Crippen molar-refractivity contribution in [2.45, 2.75) is 26.0 Å². The third-order valence-corrected chi connectivity index (χ3v) is 4.26. The molecule has 0 aromatic carbocycles. The van der Waals surface area contributed by atoms with Crippen LogP contribution in [0.1, 0.15) is 20.8 Å². The molecule has 0 saturated carbocycles. The zero-order chi connectivity index (χ0) is 12.6. The van der Waals surface area contributed by atoms with E-state index < -0.39 is 9.84 Å². The molecule has 1 N–H and O–H groups in total. The van der Waals surface area contributed by atoms with Crippen LogP contribution in [0.5, 0.6) is 0 Å². The monoisotopic (exact) mass is 249 g/mol. The first-order chi connectivity index (χ1) is 7.36. The van der Waals surface area contributed by atoms with Gasteiger partial charge in [-0.2, -0.15) is 0 Å². The Kier molecular flexibility index (Phi) is 7.62. The summed E-state index contributed by atoms with van der Waals surface area (Å²) < 4.78 is 28.1. The van der Waals surface area contributed by atoms with Gasteiger partial charge in [-0.25, -0.2) is 8.42 Å². The van der Waals surface area contributed by atoms with Crippen LogP contribution < -0.4 is 5.32 Å². The van der Waals surface area contributed by atoms with Crippen LogP contribution in [0.3, 0.4) is 0 Å². The van der Waals surface area contributed by atoms with Crippen molar-refractivity contribution in [3.63, 3.8) is 0 Å². The Morgan fingerprint density at radius 1 is 1.38 bits per heavy atom. The average molecular weight is 249 g/mol. The van der Waals surface area contributed by atoms with E-state index in [-0.39, 0.29) is 11.0 Å². The third-order valence-electron chi connectivity index (χ3n) is 2.05. The molecule has 0 atom stereocenters. The van der Waals surface area contributed by atoms with Crippen LogP contribution in [-0.2, 0) is 14.6 Å². The van der Waals surface area contributed by atoms with Gasteiger partial charge in [0.2, 0.25) is 0 Å². The first-order valence-electron chi connectivity index (χ1n) is 5.50. The first kappa shape index (κ1) is 15.6. The van der Waals surface area contributed by atoms with Crippen LogP contribution in [0.2, 0.25) is 0 Å². The average Bonchev–Trinajstić information content (AvgIpc) is 2.15. The highest BCUT2D eigenvalue weighted by molar-refractivity contribution is 7.92. The molecular formula is C11H23NO3S. The van der Waals surface area contributed by atoms with Crippen LogP contribution in [0, 0.1) is 0 Å².